The molecule has 4 heteroatoms. The number of nitrogens with zero attached hydrogens (tertiary/aromatic N) is 1. The van der Waals surface area contributed by atoms with Crippen LogP contribution in [0.15, 0.2) is 18.2 Å². The molecule has 19 heavy (non-hydrogen) atoms. The van der Waals surface area contributed by atoms with Gasteiger partial charge in [-0.1, -0.05) is 36.2 Å². The Balaban J connectivity index is 2.18. The minimum absolute atomic E-state index is 0.0490. The number of hydrogen-bond acceptors (Lipinski definition) is 4. The molecular weight excluding hydrogens is 238 g/mol. The molecule has 1 aromatic rings. The third kappa shape index (κ3) is 3.54. The molecular formula is C15H25N3O. The van der Waals surface area contributed by atoms with Gasteiger partial charge < -0.3 is 4.74 Å². The van der Waals surface area contributed by atoms with Crippen molar-refractivity contribution in [3.05, 3.63) is 34.9 Å². The van der Waals surface area contributed by atoms with Crippen LogP contribution in [0.5, 0.6) is 0 Å². The third-order valence-electron chi connectivity index (χ3n) is 3.78. The molecule has 0 aliphatic carbocycles. The highest BCUT2D eigenvalue weighted by atomic mass is 16.5. The van der Waals surface area contributed by atoms with E-state index >= 15 is 0 Å². The fourth-order valence-electron chi connectivity index (χ4n) is 2.83. The fraction of sp³-hybridized carbons (Fsp3) is 0.600. The van der Waals surface area contributed by atoms with Crippen molar-refractivity contribution in [1.29, 1.82) is 0 Å². The summed E-state index contributed by atoms with van der Waals surface area (Å²) < 4.78 is 5.91. The number of nitrogens with one attached hydrogen (secondary N) is 1. The van der Waals surface area contributed by atoms with Gasteiger partial charge in [-0.25, -0.2) is 0 Å². The monoisotopic (exact) mass is 263 g/mol. The molecule has 2 rings (SSSR count). The molecule has 0 spiro atoms. The molecule has 4 nitrogen and oxygen atoms in total. The zero-order chi connectivity index (χ0) is 13.8. The van der Waals surface area contributed by atoms with Crippen molar-refractivity contribution in [3.8, 4) is 0 Å². The van der Waals surface area contributed by atoms with Crippen molar-refractivity contribution >= 4 is 0 Å². The summed E-state index contributed by atoms with van der Waals surface area (Å²) in [5, 5.41) is 0. The minimum Gasteiger partial charge on any atom is -0.374 e. The zero-order valence-corrected chi connectivity index (χ0v) is 12.1. The maximum absolute atomic E-state index is 5.91. The van der Waals surface area contributed by atoms with Crippen LogP contribution in [-0.4, -0.2) is 37.2 Å². The highest BCUT2D eigenvalue weighted by Crippen LogP contribution is 2.23. The van der Waals surface area contributed by atoms with Crippen LogP contribution in [-0.2, 0) is 4.74 Å². The highest BCUT2D eigenvalue weighted by Gasteiger charge is 2.28. The number of rotatable bonds is 4. The Hall–Kier alpha value is -0.940. The van der Waals surface area contributed by atoms with Gasteiger partial charge in [-0.05, 0) is 26.0 Å². The number of aryl methyl sites for hydroxylation is 2. The predicted octanol–water partition coefficient (Wildman–Crippen LogP) is 1.53. The Bertz CT molecular complexity index is 402. The van der Waals surface area contributed by atoms with Crippen LogP contribution in [0.25, 0.3) is 0 Å². The summed E-state index contributed by atoms with van der Waals surface area (Å²) in [6.45, 7) is 10.2. The van der Waals surface area contributed by atoms with E-state index in [1.807, 2.05) is 0 Å². The zero-order valence-electron chi connectivity index (χ0n) is 12.1. The van der Waals surface area contributed by atoms with E-state index in [1.54, 1.807) is 0 Å². The van der Waals surface area contributed by atoms with Crippen molar-refractivity contribution in [3.63, 3.8) is 0 Å². The second kappa shape index (κ2) is 6.48. The Labute approximate surface area is 115 Å². The van der Waals surface area contributed by atoms with Crippen molar-refractivity contribution in [2.75, 3.05) is 26.2 Å². The van der Waals surface area contributed by atoms with Gasteiger partial charge in [0.15, 0.2) is 0 Å². The molecule has 1 saturated heterocycles. The van der Waals surface area contributed by atoms with Crippen LogP contribution >= 0.6 is 0 Å². The predicted molar refractivity (Wildman–Crippen MR) is 77.8 cm³/mol. The molecule has 0 amide bonds. The molecule has 2 atom stereocenters. The first-order valence-corrected chi connectivity index (χ1v) is 7.02. The van der Waals surface area contributed by atoms with E-state index in [4.69, 9.17) is 10.6 Å². The first kappa shape index (κ1) is 14.5. The van der Waals surface area contributed by atoms with E-state index in [2.05, 4.69) is 49.3 Å². The van der Waals surface area contributed by atoms with E-state index < -0.39 is 0 Å². The first-order chi connectivity index (χ1) is 9.13. The van der Waals surface area contributed by atoms with Crippen molar-refractivity contribution in [2.24, 2.45) is 5.84 Å². The smallest absolute Gasteiger partial charge is 0.0909 e. The normalized spacial score (nSPS) is 22.4. The van der Waals surface area contributed by atoms with Gasteiger partial charge in [0.05, 0.1) is 18.8 Å². The summed E-state index contributed by atoms with van der Waals surface area (Å²) in [6.07, 6.45) is 0.111. The first-order valence-electron chi connectivity index (χ1n) is 7.02. The lowest BCUT2D eigenvalue weighted by Crippen LogP contribution is -2.49. The van der Waals surface area contributed by atoms with Crippen LogP contribution in [0.2, 0.25) is 0 Å². The van der Waals surface area contributed by atoms with Gasteiger partial charge in [-0.3, -0.25) is 16.2 Å². The topological polar surface area (TPSA) is 50.5 Å². The second-order valence-corrected chi connectivity index (χ2v) is 5.37. The number of nitrogens with two attached hydrogens (primary N) is 1. The van der Waals surface area contributed by atoms with Gasteiger partial charge in [0.2, 0.25) is 0 Å². The SMILES string of the molecule is CCN1CCOC(C(NN)c2cc(C)cc(C)c2)C1. The van der Waals surface area contributed by atoms with Gasteiger partial charge in [0, 0.05) is 13.1 Å². The summed E-state index contributed by atoms with van der Waals surface area (Å²) in [5.74, 6) is 5.77. The molecule has 1 aliphatic rings. The van der Waals surface area contributed by atoms with Gasteiger partial charge >= 0.3 is 0 Å². The number of hydrazine groups is 1. The van der Waals surface area contributed by atoms with Crippen LogP contribution < -0.4 is 11.3 Å². The van der Waals surface area contributed by atoms with E-state index in [1.165, 1.54) is 16.7 Å². The fourth-order valence-corrected chi connectivity index (χ4v) is 2.83. The summed E-state index contributed by atoms with van der Waals surface area (Å²) in [5.41, 5.74) is 6.67. The third-order valence-corrected chi connectivity index (χ3v) is 3.78. The highest BCUT2D eigenvalue weighted by molar-refractivity contribution is 5.31. The van der Waals surface area contributed by atoms with Gasteiger partial charge in [-0.2, -0.15) is 0 Å². The molecule has 1 fully saturated rings. The number of benzene rings is 1. The summed E-state index contributed by atoms with van der Waals surface area (Å²) >= 11 is 0. The Morgan fingerprint density at radius 1 is 1.37 bits per heavy atom. The number of ether oxygens (including phenoxy) is 1. The molecule has 1 heterocycles. The average Bonchev–Trinajstić information content (AvgIpc) is 2.39. The lowest BCUT2D eigenvalue weighted by atomic mass is 9.97. The number of likely N-dealkylation sites (N-methyl/N-ethyl adjacent to an activating group) is 1. The van der Waals surface area contributed by atoms with E-state index in [-0.39, 0.29) is 12.1 Å². The van der Waals surface area contributed by atoms with Gasteiger partial charge in [-0.15, -0.1) is 0 Å². The van der Waals surface area contributed by atoms with E-state index in [0.717, 1.165) is 26.2 Å². The number of hydrogen-bond donors (Lipinski definition) is 2. The van der Waals surface area contributed by atoms with Crippen LogP contribution in [0.4, 0.5) is 0 Å². The minimum atomic E-state index is 0.0490. The molecule has 0 radical (unpaired) electrons. The standard InChI is InChI=1S/C15H25N3O/c1-4-18-5-6-19-14(10-18)15(17-16)13-8-11(2)7-12(3)9-13/h7-9,14-15,17H,4-6,10,16H2,1-3H3. The Kier molecular flexibility index (Phi) is 4.93. The molecule has 0 bridgehead atoms. The van der Waals surface area contributed by atoms with E-state index in [9.17, 15) is 0 Å². The molecule has 2 unspecified atom stereocenters. The largest absolute Gasteiger partial charge is 0.374 e. The van der Waals surface area contributed by atoms with Crippen LogP contribution in [0.3, 0.4) is 0 Å². The summed E-state index contributed by atoms with van der Waals surface area (Å²) in [6, 6.07) is 6.60. The molecule has 1 aliphatic heterocycles. The molecule has 3 N–H and O–H groups in total. The quantitative estimate of drug-likeness (QED) is 0.639. The molecule has 1 aromatic carbocycles. The maximum atomic E-state index is 5.91. The van der Waals surface area contributed by atoms with Crippen LogP contribution in [0, 0.1) is 13.8 Å². The summed E-state index contributed by atoms with van der Waals surface area (Å²) in [7, 11) is 0. The second-order valence-electron chi connectivity index (χ2n) is 5.37. The van der Waals surface area contributed by atoms with Crippen molar-refractivity contribution in [2.45, 2.75) is 32.9 Å². The van der Waals surface area contributed by atoms with E-state index in [0.29, 0.717) is 0 Å². The van der Waals surface area contributed by atoms with Crippen molar-refractivity contribution in [1.82, 2.24) is 10.3 Å². The molecule has 0 saturated carbocycles. The van der Waals surface area contributed by atoms with Crippen molar-refractivity contribution < 1.29 is 4.74 Å². The average molecular weight is 263 g/mol. The summed E-state index contributed by atoms with van der Waals surface area (Å²) in [4.78, 5) is 2.40. The maximum Gasteiger partial charge on any atom is 0.0909 e. The Morgan fingerprint density at radius 3 is 2.63 bits per heavy atom. The Morgan fingerprint density at radius 2 is 2.05 bits per heavy atom. The lowest BCUT2D eigenvalue weighted by molar-refractivity contribution is -0.0456. The lowest BCUT2D eigenvalue weighted by Gasteiger charge is -2.36. The van der Waals surface area contributed by atoms with Gasteiger partial charge in [0.1, 0.15) is 0 Å². The van der Waals surface area contributed by atoms with Crippen LogP contribution in [0.1, 0.15) is 29.7 Å². The molecule has 106 valence electrons. The van der Waals surface area contributed by atoms with Gasteiger partial charge in [0.25, 0.3) is 0 Å². The number of morpholine rings is 1. The molecule has 0 aromatic heterocycles.